The van der Waals surface area contributed by atoms with Crippen molar-refractivity contribution in [2.75, 3.05) is 0 Å². The smallest absolute Gasteiger partial charge is 0.310 e. The summed E-state index contributed by atoms with van der Waals surface area (Å²) in [6.45, 7) is 5.12. The number of aromatic hydroxyl groups is 2. The van der Waals surface area contributed by atoms with Crippen molar-refractivity contribution < 1.29 is 24.5 Å². The first-order valence-electron chi connectivity index (χ1n) is 6.13. The van der Waals surface area contributed by atoms with Crippen molar-refractivity contribution in [3.8, 4) is 17.2 Å². The van der Waals surface area contributed by atoms with Gasteiger partial charge in [0.15, 0.2) is 0 Å². The van der Waals surface area contributed by atoms with Gasteiger partial charge >= 0.3 is 5.97 Å². The van der Waals surface area contributed by atoms with Crippen LogP contribution in [-0.4, -0.2) is 22.0 Å². The van der Waals surface area contributed by atoms with Crippen LogP contribution in [0.2, 0.25) is 0 Å². The SMILES string of the molecule is CCC(=O)Oc1cc(O)cc(O)c1CC(=O)C(C)C. The molecule has 0 aromatic heterocycles. The van der Waals surface area contributed by atoms with Crippen LogP contribution in [0.25, 0.3) is 0 Å². The van der Waals surface area contributed by atoms with Crippen LogP contribution in [0.1, 0.15) is 32.8 Å². The van der Waals surface area contributed by atoms with Crippen LogP contribution in [0.3, 0.4) is 0 Å². The Morgan fingerprint density at radius 3 is 2.42 bits per heavy atom. The van der Waals surface area contributed by atoms with Gasteiger partial charge in [-0.2, -0.15) is 0 Å². The Balaban J connectivity index is 3.12. The molecular formula is C14H18O5. The summed E-state index contributed by atoms with van der Waals surface area (Å²) in [5.41, 5.74) is 0.221. The van der Waals surface area contributed by atoms with Gasteiger partial charge < -0.3 is 14.9 Å². The number of carbonyl (C=O) groups is 2. The Kier molecular flexibility index (Phi) is 4.92. The van der Waals surface area contributed by atoms with E-state index in [0.717, 1.165) is 6.07 Å². The third-order valence-corrected chi connectivity index (χ3v) is 2.68. The molecule has 19 heavy (non-hydrogen) atoms. The molecule has 1 rings (SSSR count). The second-order valence-corrected chi connectivity index (χ2v) is 4.57. The molecule has 0 unspecified atom stereocenters. The number of phenolic OH excluding ortho intramolecular Hbond substituents is 2. The minimum absolute atomic E-state index is 0.0263. The maximum atomic E-state index is 11.7. The zero-order valence-corrected chi connectivity index (χ0v) is 11.3. The van der Waals surface area contributed by atoms with E-state index in [1.165, 1.54) is 6.07 Å². The molecule has 0 heterocycles. The van der Waals surface area contributed by atoms with E-state index in [0.29, 0.717) is 0 Å². The molecule has 0 aliphatic rings. The summed E-state index contributed by atoms with van der Waals surface area (Å²) < 4.78 is 5.03. The summed E-state index contributed by atoms with van der Waals surface area (Å²) >= 11 is 0. The van der Waals surface area contributed by atoms with E-state index in [2.05, 4.69) is 0 Å². The Labute approximate surface area is 111 Å². The topological polar surface area (TPSA) is 83.8 Å². The van der Waals surface area contributed by atoms with Crippen molar-refractivity contribution in [3.05, 3.63) is 17.7 Å². The molecule has 0 fully saturated rings. The number of carbonyl (C=O) groups excluding carboxylic acids is 2. The highest BCUT2D eigenvalue weighted by Crippen LogP contribution is 2.34. The molecular weight excluding hydrogens is 248 g/mol. The molecule has 0 aliphatic carbocycles. The van der Waals surface area contributed by atoms with Gasteiger partial charge in [0.2, 0.25) is 0 Å². The first-order valence-corrected chi connectivity index (χ1v) is 6.13. The van der Waals surface area contributed by atoms with Gasteiger partial charge in [0.25, 0.3) is 0 Å². The van der Waals surface area contributed by atoms with Crippen LogP contribution in [0.15, 0.2) is 12.1 Å². The number of ether oxygens (including phenoxy) is 1. The minimum atomic E-state index is -0.497. The Morgan fingerprint density at radius 1 is 1.26 bits per heavy atom. The summed E-state index contributed by atoms with van der Waals surface area (Å²) in [6, 6.07) is 2.34. The van der Waals surface area contributed by atoms with E-state index in [4.69, 9.17) is 4.74 Å². The second kappa shape index (κ2) is 6.22. The number of phenols is 2. The average molecular weight is 266 g/mol. The monoisotopic (exact) mass is 266 g/mol. The first-order chi connectivity index (χ1) is 8.85. The third kappa shape index (κ3) is 3.98. The average Bonchev–Trinajstić information content (AvgIpc) is 2.32. The zero-order chi connectivity index (χ0) is 14.6. The summed E-state index contributed by atoms with van der Waals surface area (Å²) in [7, 11) is 0. The Morgan fingerprint density at radius 2 is 1.89 bits per heavy atom. The van der Waals surface area contributed by atoms with Crippen LogP contribution in [-0.2, 0) is 16.0 Å². The second-order valence-electron chi connectivity index (χ2n) is 4.57. The van der Waals surface area contributed by atoms with Crippen LogP contribution in [0.5, 0.6) is 17.2 Å². The van der Waals surface area contributed by atoms with Gasteiger partial charge in [0.1, 0.15) is 23.0 Å². The lowest BCUT2D eigenvalue weighted by atomic mass is 9.99. The van der Waals surface area contributed by atoms with E-state index in [1.54, 1.807) is 20.8 Å². The van der Waals surface area contributed by atoms with Gasteiger partial charge in [-0.1, -0.05) is 20.8 Å². The molecule has 0 atom stereocenters. The first kappa shape index (κ1) is 15.0. The van der Waals surface area contributed by atoms with Crippen LogP contribution in [0, 0.1) is 5.92 Å². The number of hydrogen-bond acceptors (Lipinski definition) is 5. The lowest BCUT2D eigenvalue weighted by Gasteiger charge is -2.12. The largest absolute Gasteiger partial charge is 0.508 e. The normalized spacial score (nSPS) is 10.5. The number of esters is 1. The lowest BCUT2D eigenvalue weighted by Crippen LogP contribution is -2.13. The fourth-order valence-electron chi connectivity index (χ4n) is 1.46. The third-order valence-electron chi connectivity index (χ3n) is 2.68. The maximum Gasteiger partial charge on any atom is 0.310 e. The zero-order valence-electron chi connectivity index (χ0n) is 11.3. The highest BCUT2D eigenvalue weighted by atomic mass is 16.5. The number of ketones is 1. The van der Waals surface area contributed by atoms with E-state index < -0.39 is 5.97 Å². The van der Waals surface area contributed by atoms with Gasteiger partial charge in [-0.25, -0.2) is 0 Å². The molecule has 0 spiro atoms. The fourth-order valence-corrected chi connectivity index (χ4v) is 1.46. The van der Waals surface area contributed by atoms with Gasteiger partial charge in [-0.05, 0) is 0 Å². The van der Waals surface area contributed by atoms with Gasteiger partial charge in [-0.15, -0.1) is 0 Å². The minimum Gasteiger partial charge on any atom is -0.508 e. The fraction of sp³-hybridized carbons (Fsp3) is 0.429. The van der Waals surface area contributed by atoms with Crippen molar-refractivity contribution in [1.82, 2.24) is 0 Å². The van der Waals surface area contributed by atoms with E-state index in [9.17, 15) is 19.8 Å². The standard InChI is InChI=1S/C14H18O5/c1-4-14(18)19-13-6-9(15)5-12(17)10(13)7-11(16)8(2)3/h5-6,8,15,17H,4,7H2,1-3H3. The van der Waals surface area contributed by atoms with Crippen molar-refractivity contribution in [1.29, 1.82) is 0 Å². The molecule has 0 saturated carbocycles. The molecule has 1 aromatic carbocycles. The summed E-state index contributed by atoms with van der Waals surface area (Å²) in [5.74, 6) is -1.23. The molecule has 2 N–H and O–H groups in total. The Hall–Kier alpha value is -2.04. The van der Waals surface area contributed by atoms with Crippen molar-refractivity contribution in [2.45, 2.75) is 33.6 Å². The van der Waals surface area contributed by atoms with E-state index >= 15 is 0 Å². The Bertz CT molecular complexity index is 491. The lowest BCUT2D eigenvalue weighted by molar-refractivity contribution is -0.134. The number of hydrogen-bond donors (Lipinski definition) is 2. The van der Waals surface area contributed by atoms with Gasteiger partial charge in [0, 0.05) is 36.5 Å². The summed E-state index contributed by atoms with van der Waals surface area (Å²) in [6.07, 6.45) is 0.115. The number of benzene rings is 1. The van der Waals surface area contributed by atoms with E-state index in [-0.39, 0.29) is 47.4 Å². The van der Waals surface area contributed by atoms with Crippen LogP contribution >= 0.6 is 0 Å². The molecule has 0 radical (unpaired) electrons. The maximum absolute atomic E-state index is 11.7. The quantitative estimate of drug-likeness (QED) is 0.630. The summed E-state index contributed by atoms with van der Waals surface area (Å²) in [5, 5.41) is 19.2. The highest BCUT2D eigenvalue weighted by molar-refractivity contribution is 5.84. The van der Waals surface area contributed by atoms with Crippen molar-refractivity contribution >= 4 is 11.8 Å². The summed E-state index contributed by atoms with van der Waals surface area (Å²) in [4.78, 5) is 23.0. The van der Waals surface area contributed by atoms with Gasteiger partial charge in [0.05, 0.1) is 0 Å². The molecule has 104 valence electrons. The van der Waals surface area contributed by atoms with E-state index in [1.807, 2.05) is 0 Å². The highest BCUT2D eigenvalue weighted by Gasteiger charge is 2.18. The molecule has 0 saturated heterocycles. The molecule has 1 aromatic rings. The molecule has 5 heteroatoms. The van der Waals surface area contributed by atoms with Crippen molar-refractivity contribution in [2.24, 2.45) is 5.92 Å². The van der Waals surface area contributed by atoms with Gasteiger partial charge in [-0.3, -0.25) is 9.59 Å². The molecule has 0 amide bonds. The molecule has 5 nitrogen and oxygen atoms in total. The van der Waals surface area contributed by atoms with Crippen LogP contribution < -0.4 is 4.74 Å². The predicted octanol–water partition coefficient (Wildman–Crippen LogP) is 2.18. The predicted molar refractivity (Wildman–Crippen MR) is 69.2 cm³/mol. The molecule has 0 aliphatic heterocycles. The van der Waals surface area contributed by atoms with Crippen molar-refractivity contribution in [3.63, 3.8) is 0 Å². The number of Topliss-reactive ketones (excluding diaryl/α,β-unsaturated/α-hetero) is 1. The molecule has 0 bridgehead atoms. The van der Waals surface area contributed by atoms with Crippen LogP contribution in [0.4, 0.5) is 0 Å². The number of rotatable bonds is 5.